The van der Waals surface area contributed by atoms with Crippen molar-refractivity contribution in [1.29, 1.82) is 0 Å². The zero-order valence-electron chi connectivity index (χ0n) is 18.3. The summed E-state index contributed by atoms with van der Waals surface area (Å²) in [6.45, 7) is 4.51. The molecule has 0 aromatic heterocycles. The van der Waals surface area contributed by atoms with Crippen LogP contribution in [-0.2, 0) is 19.3 Å². The molecule has 1 saturated heterocycles. The lowest BCUT2D eigenvalue weighted by Gasteiger charge is -2.34. The van der Waals surface area contributed by atoms with E-state index in [0.717, 1.165) is 25.7 Å². The number of hydrogen-bond donors (Lipinski definition) is 0. The van der Waals surface area contributed by atoms with E-state index in [0.29, 0.717) is 42.7 Å². The number of ether oxygens (including phenoxy) is 2. The number of rotatable bonds is 3. The van der Waals surface area contributed by atoms with Crippen LogP contribution in [0.1, 0.15) is 46.0 Å². The highest BCUT2D eigenvalue weighted by Crippen LogP contribution is 2.34. The van der Waals surface area contributed by atoms with Gasteiger partial charge in [0.1, 0.15) is 6.10 Å². The molecule has 0 bridgehead atoms. The van der Waals surface area contributed by atoms with Crippen LogP contribution in [-0.4, -0.2) is 57.7 Å². The Hall–Kier alpha value is -2.09. The van der Waals surface area contributed by atoms with Gasteiger partial charge in [0.05, 0.1) is 9.73 Å². The van der Waals surface area contributed by atoms with Crippen molar-refractivity contribution in [2.75, 3.05) is 24.6 Å². The Morgan fingerprint density at radius 1 is 1.06 bits per heavy atom. The Bertz CT molecular complexity index is 949. The molecule has 2 amide bonds. The summed E-state index contributed by atoms with van der Waals surface area (Å²) in [6, 6.07) is 7.30. The predicted octanol–water partition coefficient (Wildman–Crippen LogP) is 3.27. The largest absolute Gasteiger partial charge is 0.482 e. The van der Waals surface area contributed by atoms with Gasteiger partial charge in [-0.3, -0.25) is 9.59 Å². The second-order valence-corrected chi connectivity index (χ2v) is 11.5. The first-order chi connectivity index (χ1) is 14.9. The van der Waals surface area contributed by atoms with E-state index in [1.165, 1.54) is 0 Å². The van der Waals surface area contributed by atoms with Crippen LogP contribution in [0.4, 0.5) is 0 Å². The smallest absolute Gasteiger partial charge is 0.267 e. The summed E-state index contributed by atoms with van der Waals surface area (Å²) in [4.78, 5) is 27.5. The Morgan fingerprint density at radius 2 is 1.74 bits per heavy atom. The molecule has 0 N–H and O–H groups in total. The van der Waals surface area contributed by atoms with Gasteiger partial charge in [-0.05, 0) is 44.2 Å². The molecule has 4 atom stereocenters. The van der Waals surface area contributed by atoms with Crippen molar-refractivity contribution in [3.05, 3.63) is 24.3 Å². The second-order valence-electron chi connectivity index (χ2n) is 8.93. The first kappa shape index (κ1) is 22.1. The van der Waals surface area contributed by atoms with Crippen molar-refractivity contribution in [2.24, 2.45) is 16.2 Å². The first-order valence-electron chi connectivity index (χ1n) is 11.3. The molecule has 1 aromatic rings. The molecular formula is C23H32N2O5S. The third kappa shape index (κ3) is 4.89. The van der Waals surface area contributed by atoms with Gasteiger partial charge in [0.2, 0.25) is 6.10 Å². The van der Waals surface area contributed by atoms with E-state index in [2.05, 4.69) is 4.36 Å². The van der Waals surface area contributed by atoms with E-state index in [1.54, 1.807) is 11.0 Å². The third-order valence-electron chi connectivity index (χ3n) is 6.72. The van der Waals surface area contributed by atoms with Crippen LogP contribution >= 0.6 is 0 Å². The Morgan fingerprint density at radius 3 is 2.45 bits per heavy atom. The van der Waals surface area contributed by atoms with Gasteiger partial charge in [-0.25, -0.2) is 4.21 Å². The van der Waals surface area contributed by atoms with Crippen molar-refractivity contribution in [1.82, 2.24) is 4.90 Å². The van der Waals surface area contributed by atoms with Gasteiger partial charge in [-0.1, -0.05) is 31.9 Å². The maximum Gasteiger partial charge on any atom is 0.267 e. The quantitative estimate of drug-likeness (QED) is 0.709. The SMILES string of the molecule is CC1Oc2ccccc2OC1C(=O)N1CCCS(=O)(=NC(=O)C(C)C2CCCC2)CC1. The summed E-state index contributed by atoms with van der Waals surface area (Å²) in [5.41, 5.74) is 0. The van der Waals surface area contributed by atoms with E-state index in [1.807, 2.05) is 32.0 Å². The molecule has 0 spiro atoms. The normalized spacial score (nSPS) is 29.8. The number of carbonyl (C=O) groups is 2. The molecule has 8 heteroatoms. The molecule has 2 aliphatic heterocycles. The van der Waals surface area contributed by atoms with E-state index < -0.39 is 21.9 Å². The minimum atomic E-state index is -2.65. The summed E-state index contributed by atoms with van der Waals surface area (Å²) < 4.78 is 29.4. The molecule has 170 valence electrons. The highest BCUT2D eigenvalue weighted by Gasteiger charge is 2.38. The minimum absolute atomic E-state index is 0.170. The van der Waals surface area contributed by atoms with Gasteiger partial charge in [-0.15, -0.1) is 0 Å². The number of nitrogens with zero attached hydrogens (tertiary/aromatic N) is 2. The van der Waals surface area contributed by atoms with Crippen molar-refractivity contribution < 1.29 is 23.3 Å². The average Bonchev–Trinajstić information content (AvgIpc) is 3.22. The van der Waals surface area contributed by atoms with E-state index in [4.69, 9.17) is 9.47 Å². The monoisotopic (exact) mass is 448 g/mol. The lowest BCUT2D eigenvalue weighted by molar-refractivity contribution is -0.144. The summed E-state index contributed by atoms with van der Waals surface area (Å²) in [5.74, 6) is 1.54. The summed E-state index contributed by atoms with van der Waals surface area (Å²) in [6.07, 6.45) is 3.80. The fraction of sp³-hybridized carbons (Fsp3) is 0.652. The zero-order valence-corrected chi connectivity index (χ0v) is 19.1. The van der Waals surface area contributed by atoms with E-state index >= 15 is 0 Å². The molecule has 4 unspecified atom stereocenters. The van der Waals surface area contributed by atoms with Gasteiger partial charge in [-0.2, -0.15) is 4.36 Å². The molecule has 1 saturated carbocycles. The average molecular weight is 449 g/mol. The molecule has 4 rings (SSSR count). The van der Waals surface area contributed by atoms with E-state index in [-0.39, 0.29) is 23.5 Å². The fourth-order valence-corrected chi connectivity index (χ4v) is 6.70. The highest BCUT2D eigenvalue weighted by atomic mass is 32.2. The molecule has 0 radical (unpaired) electrons. The van der Waals surface area contributed by atoms with Gasteiger partial charge < -0.3 is 14.4 Å². The molecule has 2 heterocycles. The van der Waals surface area contributed by atoms with Crippen LogP contribution in [0, 0.1) is 11.8 Å². The maximum atomic E-state index is 13.3. The summed E-state index contributed by atoms with van der Waals surface area (Å²) in [7, 11) is -2.65. The van der Waals surface area contributed by atoms with Crippen molar-refractivity contribution in [2.45, 2.75) is 58.2 Å². The molecule has 2 fully saturated rings. The van der Waals surface area contributed by atoms with Crippen LogP contribution in [0.15, 0.2) is 28.6 Å². The van der Waals surface area contributed by atoms with Crippen LogP contribution in [0.25, 0.3) is 0 Å². The second kappa shape index (κ2) is 9.18. The summed E-state index contributed by atoms with van der Waals surface area (Å²) in [5, 5.41) is 0. The number of fused-ring (bicyclic) bond motifs is 1. The standard InChI is InChI=1S/C23H32N2O5S/c1-16(18-8-3-4-9-18)22(26)24-31(28)14-7-12-25(13-15-31)23(27)21-17(2)29-19-10-5-6-11-20(19)30-21/h5-6,10-11,16-18,21H,3-4,7-9,12-15H2,1-2H3. The summed E-state index contributed by atoms with van der Waals surface area (Å²) >= 11 is 0. The number of para-hydroxylation sites is 2. The van der Waals surface area contributed by atoms with Crippen LogP contribution in [0.5, 0.6) is 11.5 Å². The zero-order chi connectivity index (χ0) is 22.0. The van der Waals surface area contributed by atoms with Crippen molar-refractivity contribution >= 4 is 21.5 Å². The number of amides is 2. The Kier molecular flexibility index (Phi) is 6.55. The predicted molar refractivity (Wildman–Crippen MR) is 119 cm³/mol. The lowest BCUT2D eigenvalue weighted by atomic mass is 9.92. The first-order valence-corrected chi connectivity index (χ1v) is 13.2. The van der Waals surface area contributed by atoms with Crippen LogP contribution < -0.4 is 9.47 Å². The third-order valence-corrected chi connectivity index (χ3v) is 8.98. The fourth-order valence-electron chi connectivity index (χ4n) is 4.74. The molecule has 31 heavy (non-hydrogen) atoms. The highest BCUT2D eigenvalue weighted by molar-refractivity contribution is 7.93. The molecule has 1 aromatic carbocycles. The van der Waals surface area contributed by atoms with Crippen molar-refractivity contribution in [3.63, 3.8) is 0 Å². The number of hydrogen-bond acceptors (Lipinski definition) is 5. The van der Waals surface area contributed by atoms with Gasteiger partial charge in [0, 0.05) is 30.5 Å². The van der Waals surface area contributed by atoms with E-state index in [9.17, 15) is 13.8 Å². The Labute approximate surface area is 184 Å². The van der Waals surface area contributed by atoms with Crippen LogP contribution in [0.2, 0.25) is 0 Å². The van der Waals surface area contributed by atoms with Gasteiger partial charge >= 0.3 is 0 Å². The number of benzene rings is 1. The topological polar surface area (TPSA) is 85.3 Å². The van der Waals surface area contributed by atoms with Crippen LogP contribution in [0.3, 0.4) is 0 Å². The van der Waals surface area contributed by atoms with Gasteiger partial charge in [0.25, 0.3) is 11.8 Å². The maximum absolute atomic E-state index is 13.3. The minimum Gasteiger partial charge on any atom is -0.482 e. The van der Waals surface area contributed by atoms with Crippen molar-refractivity contribution in [3.8, 4) is 11.5 Å². The molecule has 7 nitrogen and oxygen atoms in total. The number of carbonyl (C=O) groups excluding carboxylic acids is 2. The van der Waals surface area contributed by atoms with Gasteiger partial charge in [0.15, 0.2) is 11.5 Å². The molecule has 1 aliphatic carbocycles. The molecule has 3 aliphatic rings. The Balaban J connectivity index is 1.42. The molecular weight excluding hydrogens is 416 g/mol. The lowest BCUT2D eigenvalue weighted by Crippen LogP contribution is -2.51.